The van der Waals surface area contributed by atoms with Gasteiger partial charge in [-0.3, -0.25) is 4.79 Å². The Balaban J connectivity index is 2.06. The highest BCUT2D eigenvalue weighted by Gasteiger charge is 2.14. The molecule has 0 heterocycles. The van der Waals surface area contributed by atoms with Gasteiger partial charge in [-0.1, -0.05) is 0 Å². The summed E-state index contributed by atoms with van der Waals surface area (Å²) in [5.74, 6) is -2.11. The summed E-state index contributed by atoms with van der Waals surface area (Å²) in [5.41, 5.74) is 1.49. The highest BCUT2D eigenvalue weighted by atomic mass is 16.5. The number of ether oxygens (including phenoxy) is 3. The standard InChI is InChI=1S/C20H20N2O7/c1-27-18(24)12-4-6-15(7-5-12)22-17(23)11-21-16-9-13(19(25)28-2)8-14(10-16)20(26)29-3/h4-10,21H,11H2,1-3H3,(H,22,23). The molecule has 152 valence electrons. The summed E-state index contributed by atoms with van der Waals surface area (Å²) >= 11 is 0. The van der Waals surface area contributed by atoms with E-state index in [0.717, 1.165) is 0 Å². The van der Waals surface area contributed by atoms with Crippen LogP contribution in [-0.4, -0.2) is 51.7 Å². The maximum Gasteiger partial charge on any atom is 0.337 e. The van der Waals surface area contributed by atoms with E-state index >= 15 is 0 Å². The summed E-state index contributed by atoms with van der Waals surface area (Å²) in [5, 5.41) is 5.50. The van der Waals surface area contributed by atoms with Crippen molar-refractivity contribution >= 4 is 35.2 Å². The molecule has 1 amide bonds. The molecule has 0 aromatic heterocycles. The molecule has 2 aromatic carbocycles. The second-order valence-corrected chi connectivity index (χ2v) is 5.75. The molecule has 2 aromatic rings. The van der Waals surface area contributed by atoms with Crippen LogP contribution in [0.4, 0.5) is 11.4 Å². The van der Waals surface area contributed by atoms with Gasteiger partial charge >= 0.3 is 17.9 Å². The first kappa shape index (κ1) is 21.4. The van der Waals surface area contributed by atoms with Crippen molar-refractivity contribution in [1.29, 1.82) is 0 Å². The lowest BCUT2D eigenvalue weighted by molar-refractivity contribution is -0.114. The number of anilines is 2. The second kappa shape index (κ2) is 9.88. The van der Waals surface area contributed by atoms with E-state index in [-0.39, 0.29) is 23.6 Å². The Labute approximate surface area is 166 Å². The smallest absolute Gasteiger partial charge is 0.337 e. The summed E-state index contributed by atoms with van der Waals surface area (Å²) in [6, 6.07) is 10.4. The van der Waals surface area contributed by atoms with Gasteiger partial charge in [-0.25, -0.2) is 14.4 Å². The maximum atomic E-state index is 12.2. The van der Waals surface area contributed by atoms with Crippen LogP contribution in [0.1, 0.15) is 31.1 Å². The molecule has 0 bridgehead atoms. The highest BCUT2D eigenvalue weighted by Crippen LogP contribution is 2.17. The zero-order chi connectivity index (χ0) is 21.4. The van der Waals surface area contributed by atoms with Crippen molar-refractivity contribution in [2.45, 2.75) is 0 Å². The van der Waals surface area contributed by atoms with E-state index in [1.165, 1.54) is 51.7 Å². The minimum atomic E-state index is -0.631. The predicted molar refractivity (Wildman–Crippen MR) is 104 cm³/mol. The van der Waals surface area contributed by atoms with Gasteiger partial charge in [0.2, 0.25) is 5.91 Å². The summed E-state index contributed by atoms with van der Waals surface area (Å²) in [6.07, 6.45) is 0. The molecule has 0 saturated heterocycles. The van der Waals surface area contributed by atoms with Gasteiger partial charge < -0.3 is 24.8 Å². The minimum Gasteiger partial charge on any atom is -0.465 e. The Hall–Kier alpha value is -3.88. The average Bonchev–Trinajstić information content (AvgIpc) is 2.76. The van der Waals surface area contributed by atoms with Crippen LogP contribution in [0.2, 0.25) is 0 Å². The number of hydrogen-bond acceptors (Lipinski definition) is 8. The predicted octanol–water partition coefficient (Wildman–Crippen LogP) is 2.10. The lowest BCUT2D eigenvalue weighted by Gasteiger charge is -2.11. The summed E-state index contributed by atoms with van der Waals surface area (Å²) in [4.78, 5) is 47.2. The van der Waals surface area contributed by atoms with Crippen LogP contribution < -0.4 is 10.6 Å². The van der Waals surface area contributed by atoms with Crippen molar-refractivity contribution in [3.8, 4) is 0 Å². The lowest BCUT2D eigenvalue weighted by atomic mass is 10.1. The van der Waals surface area contributed by atoms with Crippen molar-refractivity contribution in [3.63, 3.8) is 0 Å². The topological polar surface area (TPSA) is 120 Å². The van der Waals surface area contributed by atoms with Crippen LogP contribution in [0.15, 0.2) is 42.5 Å². The Morgan fingerprint density at radius 3 is 1.66 bits per heavy atom. The van der Waals surface area contributed by atoms with Gasteiger partial charge in [-0.05, 0) is 42.5 Å². The molecule has 0 aliphatic heterocycles. The Kier molecular flexibility index (Phi) is 7.30. The van der Waals surface area contributed by atoms with E-state index in [9.17, 15) is 19.2 Å². The number of carbonyl (C=O) groups is 4. The molecule has 0 aliphatic carbocycles. The minimum absolute atomic E-state index is 0.135. The second-order valence-electron chi connectivity index (χ2n) is 5.75. The van der Waals surface area contributed by atoms with Gasteiger partial charge in [0.15, 0.2) is 0 Å². The van der Waals surface area contributed by atoms with Crippen molar-refractivity contribution < 1.29 is 33.4 Å². The number of methoxy groups -OCH3 is 3. The number of benzene rings is 2. The van der Waals surface area contributed by atoms with Crippen molar-refractivity contribution in [3.05, 3.63) is 59.2 Å². The first-order chi connectivity index (χ1) is 13.9. The van der Waals surface area contributed by atoms with Crippen molar-refractivity contribution in [2.24, 2.45) is 0 Å². The van der Waals surface area contributed by atoms with Crippen molar-refractivity contribution in [2.75, 3.05) is 38.5 Å². The third-order valence-electron chi connectivity index (χ3n) is 3.82. The molecule has 0 unspecified atom stereocenters. The van der Waals surface area contributed by atoms with Gasteiger partial charge in [0.1, 0.15) is 0 Å². The van der Waals surface area contributed by atoms with E-state index in [4.69, 9.17) is 0 Å². The van der Waals surface area contributed by atoms with Crippen LogP contribution in [0, 0.1) is 0 Å². The number of nitrogens with one attached hydrogen (secondary N) is 2. The van der Waals surface area contributed by atoms with E-state index in [1.807, 2.05) is 0 Å². The lowest BCUT2D eigenvalue weighted by Crippen LogP contribution is -2.22. The number of rotatable bonds is 7. The normalized spacial score (nSPS) is 9.90. The van der Waals surface area contributed by atoms with E-state index < -0.39 is 17.9 Å². The molecule has 9 nitrogen and oxygen atoms in total. The summed E-state index contributed by atoms with van der Waals surface area (Å²) in [6.45, 7) is -0.135. The van der Waals surface area contributed by atoms with Crippen LogP contribution in [-0.2, 0) is 19.0 Å². The SMILES string of the molecule is COC(=O)c1ccc(NC(=O)CNc2cc(C(=O)OC)cc(C(=O)OC)c2)cc1. The largest absolute Gasteiger partial charge is 0.465 e. The van der Waals surface area contributed by atoms with Crippen LogP contribution in [0.3, 0.4) is 0 Å². The van der Waals surface area contributed by atoms with Crippen LogP contribution in [0.25, 0.3) is 0 Å². The molecule has 0 fully saturated rings. The van der Waals surface area contributed by atoms with Gasteiger partial charge in [-0.15, -0.1) is 0 Å². The number of carbonyl (C=O) groups excluding carboxylic acids is 4. The average molecular weight is 400 g/mol. The first-order valence-corrected chi connectivity index (χ1v) is 8.41. The molecule has 29 heavy (non-hydrogen) atoms. The number of hydrogen-bond donors (Lipinski definition) is 2. The Morgan fingerprint density at radius 2 is 1.17 bits per heavy atom. The fourth-order valence-corrected chi connectivity index (χ4v) is 2.40. The summed E-state index contributed by atoms with van der Waals surface area (Å²) < 4.78 is 13.9. The fourth-order valence-electron chi connectivity index (χ4n) is 2.40. The molecule has 0 aliphatic rings. The molecule has 0 atom stereocenters. The van der Waals surface area contributed by atoms with Crippen molar-refractivity contribution in [1.82, 2.24) is 0 Å². The summed E-state index contributed by atoms with van der Waals surface area (Å²) in [7, 11) is 3.73. The zero-order valence-electron chi connectivity index (χ0n) is 16.1. The van der Waals surface area contributed by atoms with E-state index in [0.29, 0.717) is 16.9 Å². The van der Waals surface area contributed by atoms with E-state index in [2.05, 4.69) is 24.8 Å². The Bertz CT molecular complexity index is 889. The van der Waals surface area contributed by atoms with Crippen LogP contribution >= 0.6 is 0 Å². The molecular formula is C20H20N2O7. The quantitative estimate of drug-likeness (QED) is 0.536. The molecule has 2 N–H and O–H groups in total. The fraction of sp³-hybridized carbons (Fsp3) is 0.200. The van der Waals surface area contributed by atoms with Crippen LogP contribution in [0.5, 0.6) is 0 Å². The molecule has 2 rings (SSSR count). The molecule has 0 saturated carbocycles. The third-order valence-corrected chi connectivity index (χ3v) is 3.82. The maximum absolute atomic E-state index is 12.2. The molecule has 0 spiro atoms. The zero-order valence-corrected chi connectivity index (χ0v) is 16.1. The Morgan fingerprint density at radius 1 is 0.690 bits per heavy atom. The highest BCUT2D eigenvalue weighted by molar-refractivity contribution is 5.98. The molecule has 0 radical (unpaired) electrons. The monoisotopic (exact) mass is 400 g/mol. The third kappa shape index (κ3) is 5.80. The van der Waals surface area contributed by atoms with Gasteiger partial charge in [0.05, 0.1) is 44.6 Å². The van der Waals surface area contributed by atoms with Gasteiger partial charge in [-0.2, -0.15) is 0 Å². The van der Waals surface area contributed by atoms with Gasteiger partial charge in [0.25, 0.3) is 0 Å². The number of esters is 3. The molecule has 9 heteroatoms. The first-order valence-electron chi connectivity index (χ1n) is 8.41. The van der Waals surface area contributed by atoms with E-state index in [1.54, 1.807) is 12.1 Å². The van der Waals surface area contributed by atoms with Gasteiger partial charge in [0, 0.05) is 11.4 Å². The number of amides is 1. The molecular weight excluding hydrogens is 380 g/mol.